The van der Waals surface area contributed by atoms with Crippen LogP contribution in [0.5, 0.6) is 0 Å². The zero-order valence-corrected chi connectivity index (χ0v) is 12.3. The Morgan fingerprint density at radius 2 is 1.84 bits per heavy atom. The number of rotatable bonds is 4. The second-order valence-electron chi connectivity index (χ2n) is 6.78. The van der Waals surface area contributed by atoms with Gasteiger partial charge >= 0.3 is 0 Å². The zero-order chi connectivity index (χ0) is 14.8. The van der Waals surface area contributed by atoms with Gasteiger partial charge in [-0.05, 0) is 37.8 Å². The summed E-state index contributed by atoms with van der Waals surface area (Å²) in [6, 6.07) is 4.74. The SMILES string of the molecule is CC(C)(C)CC(C)(C)Nc1ccc([N+](=O)[O-])c(N)c1. The first kappa shape index (κ1) is 15.3. The minimum atomic E-state index is -0.473. The highest BCUT2D eigenvalue weighted by molar-refractivity contribution is 5.66. The van der Waals surface area contributed by atoms with E-state index in [0.717, 1.165) is 12.1 Å². The van der Waals surface area contributed by atoms with Gasteiger partial charge in [0.25, 0.3) is 5.69 Å². The Balaban J connectivity index is 2.88. The summed E-state index contributed by atoms with van der Waals surface area (Å²) in [7, 11) is 0. The normalized spacial score (nSPS) is 12.3. The van der Waals surface area contributed by atoms with Crippen molar-refractivity contribution in [1.82, 2.24) is 0 Å². The number of nitrogens with two attached hydrogens (primary N) is 1. The Hall–Kier alpha value is -1.78. The molecule has 0 aliphatic rings. The number of anilines is 2. The molecule has 0 spiro atoms. The maximum Gasteiger partial charge on any atom is 0.292 e. The Kier molecular flexibility index (Phi) is 4.08. The van der Waals surface area contributed by atoms with Crippen LogP contribution >= 0.6 is 0 Å². The summed E-state index contributed by atoms with van der Waals surface area (Å²) in [5.41, 5.74) is 6.70. The van der Waals surface area contributed by atoms with Crippen LogP contribution in [0.25, 0.3) is 0 Å². The Morgan fingerprint density at radius 1 is 1.26 bits per heavy atom. The van der Waals surface area contributed by atoms with Crippen molar-refractivity contribution >= 4 is 17.1 Å². The van der Waals surface area contributed by atoms with Crippen LogP contribution in [0.15, 0.2) is 18.2 Å². The molecular weight excluding hydrogens is 242 g/mol. The highest BCUT2D eigenvalue weighted by Gasteiger charge is 2.25. The van der Waals surface area contributed by atoms with Crippen molar-refractivity contribution in [1.29, 1.82) is 0 Å². The van der Waals surface area contributed by atoms with Crippen LogP contribution in [0.3, 0.4) is 0 Å². The molecule has 0 amide bonds. The summed E-state index contributed by atoms with van der Waals surface area (Å²) < 4.78 is 0. The van der Waals surface area contributed by atoms with Crippen molar-refractivity contribution < 1.29 is 4.92 Å². The summed E-state index contributed by atoms with van der Waals surface area (Å²) >= 11 is 0. The first-order valence-electron chi connectivity index (χ1n) is 6.32. The topological polar surface area (TPSA) is 81.2 Å². The summed E-state index contributed by atoms with van der Waals surface area (Å²) in [5, 5.41) is 14.1. The van der Waals surface area contributed by atoms with E-state index in [0.29, 0.717) is 0 Å². The van der Waals surface area contributed by atoms with Gasteiger partial charge in [0, 0.05) is 17.3 Å². The van der Waals surface area contributed by atoms with E-state index in [1.54, 1.807) is 12.1 Å². The zero-order valence-electron chi connectivity index (χ0n) is 12.3. The van der Waals surface area contributed by atoms with Gasteiger partial charge in [0.15, 0.2) is 0 Å². The average Bonchev–Trinajstić information content (AvgIpc) is 2.11. The lowest BCUT2D eigenvalue weighted by Crippen LogP contribution is -2.35. The fourth-order valence-corrected chi connectivity index (χ4v) is 2.56. The summed E-state index contributed by atoms with van der Waals surface area (Å²) in [6.07, 6.45) is 0.969. The van der Waals surface area contributed by atoms with Gasteiger partial charge in [-0.3, -0.25) is 10.1 Å². The number of nitro groups is 1. The lowest BCUT2D eigenvalue weighted by atomic mass is 9.81. The number of hydrogen-bond acceptors (Lipinski definition) is 4. The standard InChI is InChI=1S/C14H23N3O2/c1-13(2,3)9-14(4,5)16-10-6-7-12(17(18)19)11(15)8-10/h6-8,16H,9,15H2,1-5H3. The molecule has 0 saturated carbocycles. The number of nitrogens with one attached hydrogen (secondary N) is 1. The Bertz CT molecular complexity index is 476. The van der Waals surface area contributed by atoms with E-state index in [4.69, 9.17) is 5.73 Å². The minimum absolute atomic E-state index is 0.0563. The molecule has 1 rings (SSSR count). The molecule has 0 aliphatic carbocycles. The minimum Gasteiger partial charge on any atom is -0.393 e. The quantitative estimate of drug-likeness (QED) is 0.493. The second kappa shape index (κ2) is 5.07. The van der Waals surface area contributed by atoms with Crippen LogP contribution in [-0.2, 0) is 0 Å². The lowest BCUT2D eigenvalue weighted by Gasteiger charge is -2.34. The van der Waals surface area contributed by atoms with Gasteiger partial charge in [-0.25, -0.2) is 0 Å². The fraction of sp³-hybridized carbons (Fsp3) is 0.571. The monoisotopic (exact) mass is 265 g/mol. The van der Waals surface area contributed by atoms with E-state index in [2.05, 4.69) is 39.9 Å². The number of benzene rings is 1. The highest BCUT2D eigenvalue weighted by Crippen LogP contribution is 2.31. The molecule has 0 heterocycles. The lowest BCUT2D eigenvalue weighted by molar-refractivity contribution is -0.383. The van der Waals surface area contributed by atoms with Crippen molar-refractivity contribution in [3.05, 3.63) is 28.3 Å². The molecular formula is C14H23N3O2. The Morgan fingerprint density at radius 3 is 2.26 bits per heavy atom. The molecule has 0 aliphatic heterocycles. The molecule has 0 unspecified atom stereocenters. The number of hydrogen-bond donors (Lipinski definition) is 2. The van der Waals surface area contributed by atoms with E-state index >= 15 is 0 Å². The van der Waals surface area contributed by atoms with Crippen molar-refractivity contribution in [3.8, 4) is 0 Å². The molecule has 1 aromatic carbocycles. The molecule has 0 aromatic heterocycles. The predicted molar refractivity (Wildman–Crippen MR) is 79.3 cm³/mol. The first-order valence-corrected chi connectivity index (χ1v) is 6.32. The molecule has 5 heteroatoms. The largest absolute Gasteiger partial charge is 0.393 e. The number of nitrogen functional groups attached to an aromatic ring is 1. The molecule has 19 heavy (non-hydrogen) atoms. The Labute approximate surface area is 114 Å². The van der Waals surface area contributed by atoms with Crippen molar-refractivity contribution in [3.63, 3.8) is 0 Å². The van der Waals surface area contributed by atoms with Crippen molar-refractivity contribution in [2.24, 2.45) is 5.41 Å². The van der Waals surface area contributed by atoms with E-state index in [1.165, 1.54) is 6.07 Å². The molecule has 5 nitrogen and oxygen atoms in total. The maximum absolute atomic E-state index is 10.7. The first-order chi connectivity index (χ1) is 8.50. The van der Waals surface area contributed by atoms with Crippen LogP contribution < -0.4 is 11.1 Å². The second-order valence-corrected chi connectivity index (χ2v) is 6.78. The van der Waals surface area contributed by atoms with Gasteiger partial charge in [0.2, 0.25) is 0 Å². The summed E-state index contributed by atoms with van der Waals surface area (Å²) in [5.74, 6) is 0. The van der Waals surface area contributed by atoms with Gasteiger partial charge in [-0.1, -0.05) is 20.8 Å². The molecule has 3 N–H and O–H groups in total. The van der Waals surface area contributed by atoms with E-state index in [1.807, 2.05) is 0 Å². The number of nitrogens with zero attached hydrogens (tertiary/aromatic N) is 1. The number of nitro benzene ring substituents is 1. The summed E-state index contributed by atoms with van der Waals surface area (Å²) in [4.78, 5) is 10.2. The summed E-state index contributed by atoms with van der Waals surface area (Å²) in [6.45, 7) is 10.8. The molecule has 0 radical (unpaired) electrons. The third-order valence-corrected chi connectivity index (χ3v) is 2.68. The van der Waals surface area contributed by atoms with Gasteiger partial charge in [0.1, 0.15) is 5.69 Å². The molecule has 106 valence electrons. The highest BCUT2D eigenvalue weighted by atomic mass is 16.6. The fourth-order valence-electron chi connectivity index (χ4n) is 2.56. The maximum atomic E-state index is 10.7. The third-order valence-electron chi connectivity index (χ3n) is 2.68. The van der Waals surface area contributed by atoms with Gasteiger partial charge < -0.3 is 11.1 Å². The van der Waals surface area contributed by atoms with Crippen LogP contribution in [0.4, 0.5) is 17.1 Å². The molecule has 1 aromatic rings. The molecule has 0 bridgehead atoms. The third kappa shape index (κ3) is 4.77. The predicted octanol–water partition coefficient (Wildman–Crippen LogP) is 3.80. The van der Waals surface area contributed by atoms with Gasteiger partial charge in [-0.2, -0.15) is 0 Å². The molecule has 0 fully saturated rings. The molecule has 0 atom stereocenters. The van der Waals surface area contributed by atoms with Crippen LogP contribution in [0.1, 0.15) is 41.0 Å². The smallest absolute Gasteiger partial charge is 0.292 e. The van der Waals surface area contributed by atoms with Crippen LogP contribution in [0, 0.1) is 15.5 Å². The van der Waals surface area contributed by atoms with Crippen LogP contribution in [0.2, 0.25) is 0 Å². The van der Waals surface area contributed by atoms with Crippen LogP contribution in [-0.4, -0.2) is 10.5 Å². The average molecular weight is 265 g/mol. The molecule has 0 saturated heterocycles. The van der Waals surface area contributed by atoms with E-state index < -0.39 is 4.92 Å². The van der Waals surface area contributed by atoms with Crippen molar-refractivity contribution in [2.45, 2.75) is 46.6 Å². The van der Waals surface area contributed by atoms with Gasteiger partial charge in [0.05, 0.1) is 4.92 Å². The van der Waals surface area contributed by atoms with E-state index in [-0.39, 0.29) is 22.3 Å². The van der Waals surface area contributed by atoms with E-state index in [9.17, 15) is 10.1 Å². The van der Waals surface area contributed by atoms with Gasteiger partial charge in [-0.15, -0.1) is 0 Å². The van der Waals surface area contributed by atoms with Crippen molar-refractivity contribution in [2.75, 3.05) is 11.1 Å².